The first-order chi connectivity index (χ1) is 20.0. The number of aliphatic imine (C=N–C) groups is 2. The average molecular weight is 559 g/mol. The molecule has 218 valence electrons. The highest BCUT2D eigenvalue weighted by molar-refractivity contribution is 6.57. The minimum absolute atomic E-state index is 0.272. The van der Waals surface area contributed by atoms with Gasteiger partial charge in [0.1, 0.15) is 11.5 Å². The first-order valence-corrected chi connectivity index (χ1v) is 15.7. The summed E-state index contributed by atoms with van der Waals surface area (Å²) in [6, 6.07) is 21.8. The number of rotatable bonds is 7. The summed E-state index contributed by atoms with van der Waals surface area (Å²) >= 11 is 0. The molecule has 0 saturated heterocycles. The third kappa shape index (κ3) is 5.30. The zero-order valence-electron chi connectivity index (χ0n) is 27.0. The Balaban J connectivity index is 1.96. The molecule has 0 unspecified atom stereocenters. The minimum atomic E-state index is 0.272. The maximum absolute atomic E-state index is 6.38. The highest BCUT2D eigenvalue weighted by Gasteiger charge is 2.34. The Morgan fingerprint density at radius 2 is 0.857 bits per heavy atom. The van der Waals surface area contributed by atoms with E-state index in [2.05, 4.69) is 130 Å². The van der Waals surface area contributed by atoms with Crippen molar-refractivity contribution in [3.8, 4) is 11.3 Å². The van der Waals surface area contributed by atoms with E-state index in [9.17, 15) is 0 Å². The molecule has 0 atom stereocenters. The standard InChI is InChI=1S/C39H46N2O/c1-22(2)27-17-13-18-28(23(3)4)35(27)40-37-31-15-11-12-16-32(31)39-34(33(21-42-39)26(9)10)38(37)41-36-29(24(5)6)19-14-20-30(36)25(7)8/h11-26H,1-10H3/b40-37+,41-38+. The first-order valence-electron chi connectivity index (χ1n) is 15.7. The topological polar surface area (TPSA) is 37.9 Å². The van der Waals surface area contributed by atoms with Crippen LogP contribution in [0, 0.1) is 0 Å². The molecular weight excluding hydrogens is 512 g/mol. The number of nitrogens with zero attached hydrogens (tertiary/aromatic N) is 2. The van der Waals surface area contributed by atoms with Crippen LogP contribution in [0.3, 0.4) is 0 Å². The van der Waals surface area contributed by atoms with Gasteiger partial charge in [-0.05, 0) is 51.8 Å². The molecule has 42 heavy (non-hydrogen) atoms. The smallest absolute Gasteiger partial charge is 0.144 e. The number of hydrogen-bond donors (Lipinski definition) is 0. The molecule has 0 bridgehead atoms. The summed E-state index contributed by atoms with van der Waals surface area (Å²) in [6.07, 6.45) is 1.93. The van der Waals surface area contributed by atoms with E-state index in [1.807, 2.05) is 6.26 Å². The van der Waals surface area contributed by atoms with Crippen molar-refractivity contribution in [3.05, 3.63) is 106 Å². The molecule has 0 saturated carbocycles. The van der Waals surface area contributed by atoms with Crippen molar-refractivity contribution in [2.75, 3.05) is 0 Å². The maximum Gasteiger partial charge on any atom is 0.144 e. The van der Waals surface area contributed by atoms with Crippen molar-refractivity contribution in [3.63, 3.8) is 0 Å². The van der Waals surface area contributed by atoms with Crippen molar-refractivity contribution in [1.82, 2.24) is 0 Å². The highest BCUT2D eigenvalue weighted by Crippen LogP contribution is 2.44. The summed E-state index contributed by atoms with van der Waals surface area (Å²) < 4.78 is 6.38. The van der Waals surface area contributed by atoms with E-state index in [1.54, 1.807) is 0 Å². The lowest BCUT2D eigenvalue weighted by atomic mass is 9.83. The normalized spacial score (nSPS) is 15.1. The third-order valence-corrected chi connectivity index (χ3v) is 8.46. The van der Waals surface area contributed by atoms with Gasteiger partial charge in [-0.1, -0.05) is 130 Å². The Morgan fingerprint density at radius 1 is 0.452 bits per heavy atom. The number of benzene rings is 3. The lowest BCUT2D eigenvalue weighted by Crippen LogP contribution is -2.24. The summed E-state index contributed by atoms with van der Waals surface area (Å²) in [5.41, 5.74) is 13.4. The van der Waals surface area contributed by atoms with E-state index < -0.39 is 0 Å². The van der Waals surface area contributed by atoms with Crippen LogP contribution in [0.5, 0.6) is 0 Å². The summed E-state index contributed by atoms with van der Waals surface area (Å²) in [5.74, 6) is 2.51. The van der Waals surface area contributed by atoms with Gasteiger partial charge in [0.15, 0.2) is 0 Å². The number of para-hydroxylation sites is 2. The van der Waals surface area contributed by atoms with Gasteiger partial charge in [-0.2, -0.15) is 0 Å². The molecule has 0 spiro atoms. The molecule has 4 aromatic rings. The SMILES string of the molecule is CC(C)c1cccc(C(C)C)c1/N=C1/C(=N/c2c(C(C)C)cccc2C(C)C)c2c(C(C)C)coc2-c2ccccc21. The molecule has 1 aliphatic rings. The first kappa shape index (κ1) is 29.8. The molecule has 3 nitrogen and oxygen atoms in total. The molecule has 3 heteroatoms. The van der Waals surface area contributed by atoms with Gasteiger partial charge in [0.2, 0.25) is 0 Å². The number of furan rings is 1. The highest BCUT2D eigenvalue weighted by atomic mass is 16.3. The van der Waals surface area contributed by atoms with Crippen LogP contribution in [-0.2, 0) is 0 Å². The summed E-state index contributed by atoms with van der Waals surface area (Å²) in [5, 5.41) is 0. The van der Waals surface area contributed by atoms with Crippen LogP contribution < -0.4 is 0 Å². The Bertz CT molecular complexity index is 1610. The average Bonchev–Trinajstić information content (AvgIpc) is 3.40. The Morgan fingerprint density at radius 3 is 1.29 bits per heavy atom. The van der Waals surface area contributed by atoms with Gasteiger partial charge >= 0.3 is 0 Å². The van der Waals surface area contributed by atoms with Crippen molar-refractivity contribution in [2.24, 2.45) is 9.98 Å². The van der Waals surface area contributed by atoms with Gasteiger partial charge in [0, 0.05) is 16.7 Å². The predicted octanol–water partition coefficient (Wildman–Crippen LogP) is 11.8. The fraction of sp³-hybridized carbons (Fsp3) is 0.385. The minimum Gasteiger partial charge on any atom is -0.463 e. The van der Waals surface area contributed by atoms with E-state index in [1.165, 1.54) is 27.8 Å². The molecule has 1 heterocycles. The summed E-state index contributed by atoms with van der Waals surface area (Å²) in [4.78, 5) is 11.3. The molecule has 0 amide bonds. The van der Waals surface area contributed by atoms with Gasteiger partial charge in [0.25, 0.3) is 0 Å². The van der Waals surface area contributed by atoms with Crippen LogP contribution in [0.4, 0.5) is 11.4 Å². The number of hydrogen-bond acceptors (Lipinski definition) is 3. The van der Waals surface area contributed by atoms with Crippen LogP contribution in [0.2, 0.25) is 0 Å². The predicted molar refractivity (Wildman–Crippen MR) is 180 cm³/mol. The summed E-state index contributed by atoms with van der Waals surface area (Å²) in [7, 11) is 0. The molecule has 0 aliphatic heterocycles. The van der Waals surface area contributed by atoms with E-state index >= 15 is 0 Å². The lowest BCUT2D eigenvalue weighted by molar-refractivity contribution is 0.575. The van der Waals surface area contributed by atoms with Crippen LogP contribution in [0.1, 0.15) is 138 Å². The molecule has 1 aliphatic carbocycles. The van der Waals surface area contributed by atoms with Crippen LogP contribution in [0.15, 0.2) is 81.3 Å². The fourth-order valence-electron chi connectivity index (χ4n) is 6.10. The number of fused-ring (bicyclic) bond motifs is 3. The lowest BCUT2D eigenvalue weighted by Gasteiger charge is -2.25. The molecule has 0 radical (unpaired) electrons. The van der Waals surface area contributed by atoms with Gasteiger partial charge < -0.3 is 4.42 Å². The molecule has 0 N–H and O–H groups in total. The van der Waals surface area contributed by atoms with E-state index in [-0.39, 0.29) is 5.92 Å². The Hall–Kier alpha value is -3.72. The van der Waals surface area contributed by atoms with Gasteiger partial charge in [-0.15, -0.1) is 0 Å². The van der Waals surface area contributed by atoms with E-state index in [0.29, 0.717) is 23.7 Å². The molecular formula is C39H46N2O. The molecule has 3 aromatic carbocycles. The second-order valence-electron chi connectivity index (χ2n) is 13.2. The van der Waals surface area contributed by atoms with Crippen molar-refractivity contribution >= 4 is 22.8 Å². The summed E-state index contributed by atoms with van der Waals surface area (Å²) in [6.45, 7) is 22.5. The van der Waals surface area contributed by atoms with E-state index in [0.717, 1.165) is 45.2 Å². The zero-order chi connectivity index (χ0) is 30.3. The van der Waals surface area contributed by atoms with Crippen molar-refractivity contribution in [1.29, 1.82) is 0 Å². The Kier molecular flexibility index (Phi) is 8.42. The van der Waals surface area contributed by atoms with Gasteiger partial charge in [-0.25, -0.2) is 9.98 Å². The monoisotopic (exact) mass is 558 g/mol. The van der Waals surface area contributed by atoms with Crippen LogP contribution in [-0.4, -0.2) is 11.4 Å². The maximum atomic E-state index is 6.38. The zero-order valence-corrected chi connectivity index (χ0v) is 27.0. The van der Waals surface area contributed by atoms with Crippen LogP contribution >= 0.6 is 0 Å². The quantitative estimate of drug-likeness (QED) is 0.222. The van der Waals surface area contributed by atoms with Crippen LogP contribution in [0.25, 0.3) is 11.3 Å². The van der Waals surface area contributed by atoms with Crippen molar-refractivity contribution < 1.29 is 4.42 Å². The van der Waals surface area contributed by atoms with Gasteiger partial charge in [-0.3, -0.25) is 0 Å². The largest absolute Gasteiger partial charge is 0.463 e. The van der Waals surface area contributed by atoms with Gasteiger partial charge in [0.05, 0.1) is 28.9 Å². The molecule has 0 fully saturated rings. The van der Waals surface area contributed by atoms with Crippen molar-refractivity contribution in [2.45, 2.75) is 98.8 Å². The third-order valence-electron chi connectivity index (χ3n) is 8.46. The molecule has 5 rings (SSSR count). The van der Waals surface area contributed by atoms with E-state index in [4.69, 9.17) is 14.4 Å². The fourth-order valence-corrected chi connectivity index (χ4v) is 6.10. The molecule has 1 aromatic heterocycles. The second kappa shape index (κ2) is 11.9. The Labute approximate surface area is 252 Å². The second-order valence-corrected chi connectivity index (χ2v) is 13.2.